The Hall–Kier alpha value is 0. The van der Waals surface area contributed by atoms with Gasteiger partial charge in [0.15, 0.2) is 0 Å². The van der Waals surface area contributed by atoms with Crippen molar-refractivity contribution in [2.24, 2.45) is 17.3 Å². The zero-order valence-corrected chi connectivity index (χ0v) is 26.8. The Labute approximate surface area is 211 Å². The Balaban J connectivity index is -0.0000000693. The van der Waals surface area contributed by atoms with Crippen molar-refractivity contribution in [1.82, 2.24) is 0 Å². The van der Waals surface area contributed by atoms with E-state index in [1.165, 1.54) is 57.8 Å². The van der Waals surface area contributed by atoms with Crippen LogP contribution in [0.15, 0.2) is 0 Å². The van der Waals surface area contributed by atoms with E-state index in [9.17, 15) is 0 Å². The summed E-state index contributed by atoms with van der Waals surface area (Å²) in [5.74, 6) is 2.31. The van der Waals surface area contributed by atoms with Crippen LogP contribution < -0.4 is 0 Å². The monoisotopic (exact) mass is 461 g/mol. The van der Waals surface area contributed by atoms with E-state index in [0.717, 1.165) is 11.8 Å². The summed E-state index contributed by atoms with van der Waals surface area (Å²) in [6, 6.07) is 0. The molecule has 0 nitrogen and oxygen atoms in total. The second-order valence-electron chi connectivity index (χ2n) is 7.81. The molecule has 3 rings (SSSR count). The van der Waals surface area contributed by atoms with Gasteiger partial charge in [-0.2, -0.15) is 0 Å². The Morgan fingerprint density at radius 1 is 0.344 bits per heavy atom. The van der Waals surface area contributed by atoms with Gasteiger partial charge in [-0.3, -0.25) is 0 Å². The molecule has 0 bridgehead atoms. The number of hydrogen-bond acceptors (Lipinski definition) is 0. The molecule has 0 N–H and O–H groups in total. The molecule has 0 heteroatoms. The minimum absolute atomic E-state index is 0.679. The first kappa shape index (κ1) is 45.5. The van der Waals surface area contributed by atoms with E-state index < -0.39 is 0 Å². The zero-order chi connectivity index (χ0) is 26.8. The highest BCUT2D eigenvalue weighted by molar-refractivity contribution is 4.78. The molecule has 0 spiro atoms. The predicted molar refractivity (Wildman–Crippen MR) is 160 cm³/mol. The third-order valence-corrected chi connectivity index (χ3v) is 5.67. The summed E-state index contributed by atoms with van der Waals surface area (Å²) < 4.78 is 0. The van der Waals surface area contributed by atoms with E-state index in [4.69, 9.17) is 0 Å². The summed E-state index contributed by atoms with van der Waals surface area (Å²) in [6.07, 6.45) is 19.7. The van der Waals surface area contributed by atoms with Crippen LogP contribution in [-0.2, 0) is 0 Å². The Kier molecular flexibility index (Phi) is 63.5. The molecule has 0 heterocycles. The summed E-state index contributed by atoms with van der Waals surface area (Å²) in [5, 5.41) is 0. The van der Waals surface area contributed by atoms with Crippen molar-refractivity contribution in [1.29, 1.82) is 0 Å². The van der Waals surface area contributed by atoms with Crippen molar-refractivity contribution in [2.45, 2.75) is 194 Å². The third-order valence-electron chi connectivity index (χ3n) is 5.67. The van der Waals surface area contributed by atoms with E-state index in [-0.39, 0.29) is 0 Å². The molecule has 0 aliphatic heterocycles. The van der Waals surface area contributed by atoms with Crippen molar-refractivity contribution in [3.05, 3.63) is 0 Å². The fraction of sp³-hybridized carbons (Fsp3) is 1.00. The molecule has 3 aliphatic rings. The maximum absolute atomic E-state index is 2.38. The summed E-state index contributed by atoms with van der Waals surface area (Å²) in [6.45, 7) is 32.8. The molecule has 0 radical (unpaired) electrons. The lowest BCUT2D eigenvalue weighted by Crippen LogP contribution is -2.22. The normalized spacial score (nSPS) is 21.0. The average Bonchev–Trinajstić information content (AvgIpc) is 2.92. The quantitative estimate of drug-likeness (QED) is 0.337. The standard InChI is InChI=1S/C10H18.C8H16.7C2H6/c1-2-6-10-8-4-3-7-9(10)5-1;1-8(2)6-4-3-5-7-8;7*1-2/h9-10H,1-8H2;3-7H2,1-2H3;7*1-2H3. The van der Waals surface area contributed by atoms with Gasteiger partial charge >= 0.3 is 0 Å². The summed E-state index contributed by atoms with van der Waals surface area (Å²) in [5.41, 5.74) is 0.679. The van der Waals surface area contributed by atoms with Gasteiger partial charge in [-0.1, -0.05) is 181 Å². The molecule has 3 aliphatic carbocycles. The van der Waals surface area contributed by atoms with Crippen molar-refractivity contribution in [2.75, 3.05) is 0 Å². The molecule has 0 aromatic rings. The lowest BCUT2D eigenvalue weighted by molar-refractivity contribution is 0.171. The Bertz CT molecular complexity index is 194. The van der Waals surface area contributed by atoms with E-state index in [2.05, 4.69) is 13.8 Å². The highest BCUT2D eigenvalue weighted by Crippen LogP contribution is 2.40. The first-order valence-electron chi connectivity index (χ1n) is 15.7. The lowest BCUT2D eigenvalue weighted by atomic mass is 9.71. The van der Waals surface area contributed by atoms with Gasteiger partial charge in [-0.05, 0) is 30.1 Å². The fourth-order valence-corrected chi connectivity index (χ4v) is 4.37. The molecule has 0 unspecified atom stereocenters. The van der Waals surface area contributed by atoms with Crippen molar-refractivity contribution in [3.8, 4) is 0 Å². The van der Waals surface area contributed by atoms with Crippen LogP contribution in [0.2, 0.25) is 0 Å². The molecular formula is C32H76. The average molecular weight is 461 g/mol. The SMILES string of the molecule is C1CCC2CCCCC2C1.CC.CC.CC.CC.CC.CC.CC.CC1(C)CCCCC1. The van der Waals surface area contributed by atoms with Crippen molar-refractivity contribution >= 4 is 0 Å². The maximum atomic E-state index is 2.38. The van der Waals surface area contributed by atoms with Gasteiger partial charge in [0.05, 0.1) is 0 Å². The molecule has 0 atom stereocenters. The van der Waals surface area contributed by atoms with Gasteiger partial charge in [0.25, 0.3) is 0 Å². The minimum Gasteiger partial charge on any atom is -0.0683 e. The molecule has 0 aromatic carbocycles. The summed E-state index contributed by atoms with van der Waals surface area (Å²) in [4.78, 5) is 0. The van der Waals surface area contributed by atoms with E-state index in [1.54, 1.807) is 25.7 Å². The van der Waals surface area contributed by atoms with Gasteiger partial charge in [-0.25, -0.2) is 0 Å². The van der Waals surface area contributed by atoms with Crippen LogP contribution in [0.1, 0.15) is 194 Å². The number of hydrogen-bond donors (Lipinski definition) is 0. The topological polar surface area (TPSA) is 0 Å². The van der Waals surface area contributed by atoms with E-state index in [0.29, 0.717) is 5.41 Å². The van der Waals surface area contributed by atoms with Crippen LogP contribution in [0.4, 0.5) is 0 Å². The maximum Gasteiger partial charge on any atom is -0.0354 e. The largest absolute Gasteiger partial charge is 0.0683 e. The second kappa shape index (κ2) is 44.6. The zero-order valence-electron chi connectivity index (χ0n) is 26.8. The van der Waals surface area contributed by atoms with Crippen LogP contribution in [0.25, 0.3) is 0 Å². The molecule has 32 heavy (non-hydrogen) atoms. The molecule has 3 fully saturated rings. The number of fused-ring (bicyclic) bond motifs is 1. The van der Waals surface area contributed by atoms with Gasteiger partial charge in [0, 0.05) is 0 Å². The van der Waals surface area contributed by atoms with Gasteiger partial charge < -0.3 is 0 Å². The molecular weight excluding hydrogens is 384 g/mol. The van der Waals surface area contributed by atoms with Crippen molar-refractivity contribution in [3.63, 3.8) is 0 Å². The van der Waals surface area contributed by atoms with Gasteiger partial charge in [-0.15, -0.1) is 0 Å². The van der Waals surface area contributed by atoms with Crippen LogP contribution >= 0.6 is 0 Å². The molecule has 0 saturated heterocycles. The van der Waals surface area contributed by atoms with Crippen LogP contribution in [-0.4, -0.2) is 0 Å². The van der Waals surface area contributed by atoms with E-state index >= 15 is 0 Å². The number of rotatable bonds is 0. The van der Waals surface area contributed by atoms with Crippen LogP contribution in [0, 0.1) is 17.3 Å². The Morgan fingerprint density at radius 3 is 0.719 bits per heavy atom. The van der Waals surface area contributed by atoms with Crippen molar-refractivity contribution < 1.29 is 0 Å². The molecule has 3 saturated carbocycles. The highest BCUT2D eigenvalue weighted by Gasteiger charge is 2.26. The summed E-state index contributed by atoms with van der Waals surface area (Å²) in [7, 11) is 0. The predicted octanol–water partition coefficient (Wildman–Crippen LogP) is 13.5. The lowest BCUT2D eigenvalue weighted by Gasteiger charge is -2.35. The molecule has 204 valence electrons. The van der Waals surface area contributed by atoms with Crippen LogP contribution in [0.5, 0.6) is 0 Å². The highest BCUT2D eigenvalue weighted by atomic mass is 14.3. The Morgan fingerprint density at radius 2 is 0.562 bits per heavy atom. The van der Waals surface area contributed by atoms with Crippen LogP contribution in [0.3, 0.4) is 0 Å². The van der Waals surface area contributed by atoms with Gasteiger partial charge in [0.1, 0.15) is 0 Å². The fourth-order valence-electron chi connectivity index (χ4n) is 4.37. The summed E-state index contributed by atoms with van der Waals surface area (Å²) >= 11 is 0. The first-order chi connectivity index (χ1) is 15.7. The molecule has 0 aromatic heterocycles. The molecule has 0 amide bonds. The smallest absolute Gasteiger partial charge is 0.0354 e. The van der Waals surface area contributed by atoms with E-state index in [1.807, 2.05) is 96.9 Å². The third kappa shape index (κ3) is 32.2. The van der Waals surface area contributed by atoms with Gasteiger partial charge in [0.2, 0.25) is 0 Å². The first-order valence-corrected chi connectivity index (χ1v) is 15.7. The second-order valence-corrected chi connectivity index (χ2v) is 7.81. The minimum atomic E-state index is 0.679.